The molecule has 1 aliphatic rings. The van der Waals surface area contributed by atoms with Crippen LogP contribution in [0.1, 0.15) is 17.9 Å². The van der Waals surface area contributed by atoms with E-state index in [1.165, 1.54) is 7.11 Å². The van der Waals surface area contributed by atoms with Crippen LogP contribution in [-0.4, -0.2) is 24.1 Å². The van der Waals surface area contributed by atoms with Crippen molar-refractivity contribution in [2.24, 2.45) is 0 Å². The smallest absolute Gasteiger partial charge is 0.367 e. The average Bonchev–Trinajstić information content (AvgIpc) is 2.52. The van der Waals surface area contributed by atoms with Gasteiger partial charge in [0.05, 0.1) is 18.8 Å². The molecule has 1 aromatic rings. The lowest BCUT2D eigenvalue weighted by atomic mass is 9.85. The van der Waals surface area contributed by atoms with Gasteiger partial charge >= 0.3 is 5.30 Å². The van der Waals surface area contributed by atoms with Gasteiger partial charge in [-0.1, -0.05) is 30.3 Å². The summed E-state index contributed by atoms with van der Waals surface area (Å²) >= 11 is 0.916. The Balaban J connectivity index is 2.30. The van der Waals surface area contributed by atoms with Crippen LogP contribution in [0.2, 0.25) is 0 Å². The predicted octanol–water partition coefficient (Wildman–Crippen LogP) is 2.57. The number of nitrogens with zero attached hydrogens (tertiary/aromatic N) is 1. The lowest BCUT2D eigenvalue weighted by molar-refractivity contribution is -0.121. The van der Waals surface area contributed by atoms with Crippen molar-refractivity contribution in [1.29, 1.82) is 5.26 Å². The summed E-state index contributed by atoms with van der Waals surface area (Å²) in [5, 5.41) is 11.7. The number of rotatable bonds is 3. The summed E-state index contributed by atoms with van der Waals surface area (Å²) in [6.07, 6.45) is 0.235. The molecule has 0 spiro atoms. The maximum atomic E-state index is 11.9. The molecule has 5 nitrogen and oxygen atoms in total. The van der Waals surface area contributed by atoms with Crippen molar-refractivity contribution in [2.75, 3.05) is 12.9 Å². The number of methoxy groups -OCH3 is 1. The van der Waals surface area contributed by atoms with Crippen LogP contribution in [0.5, 0.6) is 0 Å². The number of hydrogen-bond acceptors (Lipinski definition) is 5. The van der Waals surface area contributed by atoms with E-state index in [2.05, 4.69) is 16.1 Å². The van der Waals surface area contributed by atoms with Gasteiger partial charge in [0, 0.05) is 23.8 Å². The minimum atomic E-state index is -0.448. The van der Waals surface area contributed by atoms with Gasteiger partial charge in [-0.25, -0.2) is 4.79 Å². The van der Waals surface area contributed by atoms with Gasteiger partial charge in [0.15, 0.2) is 0 Å². The summed E-state index contributed by atoms with van der Waals surface area (Å²) < 4.78 is 4.55. The van der Waals surface area contributed by atoms with Gasteiger partial charge in [0.25, 0.3) is 0 Å². The maximum absolute atomic E-state index is 11.9. The summed E-state index contributed by atoms with van der Waals surface area (Å²) in [5.74, 6) is -0.202. The minimum Gasteiger partial charge on any atom is -0.461 e. The van der Waals surface area contributed by atoms with Crippen LogP contribution in [0.4, 0.5) is 4.79 Å². The number of nitrogens with one attached hydrogen (secondary N) is 1. The zero-order valence-electron chi connectivity index (χ0n) is 11.5. The largest absolute Gasteiger partial charge is 0.461 e. The van der Waals surface area contributed by atoms with Crippen LogP contribution in [0.15, 0.2) is 41.6 Å². The van der Waals surface area contributed by atoms with Crippen LogP contribution in [0.25, 0.3) is 0 Å². The Bertz CT molecular complexity index is 620. The van der Waals surface area contributed by atoms with Crippen LogP contribution < -0.4 is 5.32 Å². The monoisotopic (exact) mass is 302 g/mol. The molecule has 1 atom stereocenters. The quantitative estimate of drug-likeness (QED) is 0.868. The number of carbonyl (C=O) groups is 2. The molecule has 0 saturated heterocycles. The number of amides is 1. The Hall–Kier alpha value is -2.26. The van der Waals surface area contributed by atoms with Crippen LogP contribution in [0, 0.1) is 11.3 Å². The molecule has 1 unspecified atom stereocenters. The second-order valence-electron chi connectivity index (χ2n) is 4.46. The summed E-state index contributed by atoms with van der Waals surface area (Å²) in [4.78, 5) is 23.1. The number of allylic oxidation sites excluding steroid dienone is 1. The third kappa shape index (κ3) is 3.64. The van der Waals surface area contributed by atoms with Crippen molar-refractivity contribution in [1.82, 2.24) is 5.32 Å². The van der Waals surface area contributed by atoms with Crippen molar-refractivity contribution in [2.45, 2.75) is 12.3 Å². The topological polar surface area (TPSA) is 79.2 Å². The number of hydrogen-bond donors (Lipinski definition) is 1. The zero-order valence-corrected chi connectivity index (χ0v) is 12.3. The van der Waals surface area contributed by atoms with Crippen molar-refractivity contribution >= 4 is 23.0 Å². The summed E-state index contributed by atoms with van der Waals surface area (Å²) in [7, 11) is 1.29. The van der Waals surface area contributed by atoms with Gasteiger partial charge in [0.2, 0.25) is 5.91 Å². The first kappa shape index (κ1) is 15.1. The van der Waals surface area contributed by atoms with E-state index in [-0.39, 0.29) is 24.0 Å². The van der Waals surface area contributed by atoms with E-state index in [0.717, 1.165) is 17.3 Å². The van der Waals surface area contributed by atoms with E-state index in [9.17, 15) is 14.9 Å². The Morgan fingerprint density at radius 1 is 1.48 bits per heavy atom. The molecule has 1 aliphatic heterocycles. The van der Waals surface area contributed by atoms with Gasteiger partial charge in [-0.05, 0) is 17.3 Å². The lowest BCUT2D eigenvalue weighted by Crippen LogP contribution is -2.33. The molecule has 0 fully saturated rings. The Kier molecular flexibility index (Phi) is 5.01. The average molecular weight is 302 g/mol. The van der Waals surface area contributed by atoms with Crippen molar-refractivity contribution < 1.29 is 14.3 Å². The standard InChI is InChI=1S/C15H14N2O3S/c1-20-15(19)21-9-13-12(8-16)11(7-14(18)17-13)10-5-3-2-4-6-10/h2-6,11H,7,9H2,1H3,(H,17,18). The molecule has 1 heterocycles. The number of benzene rings is 1. The zero-order chi connectivity index (χ0) is 15.2. The molecular formula is C15H14N2O3S. The number of ether oxygens (including phenoxy) is 1. The molecule has 6 heteroatoms. The molecule has 1 amide bonds. The van der Waals surface area contributed by atoms with E-state index in [4.69, 9.17) is 0 Å². The summed E-state index contributed by atoms with van der Waals surface area (Å²) in [5.41, 5.74) is 1.90. The van der Waals surface area contributed by atoms with Gasteiger partial charge in [0.1, 0.15) is 0 Å². The van der Waals surface area contributed by atoms with E-state index in [1.54, 1.807) is 0 Å². The van der Waals surface area contributed by atoms with Gasteiger partial charge in [-0.15, -0.1) is 0 Å². The van der Waals surface area contributed by atoms with Crippen LogP contribution >= 0.6 is 11.8 Å². The van der Waals surface area contributed by atoms with Gasteiger partial charge in [-0.3, -0.25) is 4.79 Å². The summed E-state index contributed by atoms with van der Waals surface area (Å²) in [6, 6.07) is 11.6. The highest BCUT2D eigenvalue weighted by Gasteiger charge is 2.29. The molecule has 2 rings (SSSR count). The first-order chi connectivity index (χ1) is 10.2. The van der Waals surface area contributed by atoms with E-state index < -0.39 is 5.30 Å². The highest BCUT2D eigenvalue weighted by molar-refractivity contribution is 8.13. The second-order valence-corrected chi connectivity index (χ2v) is 5.37. The van der Waals surface area contributed by atoms with Crippen molar-refractivity contribution in [3.63, 3.8) is 0 Å². The molecule has 108 valence electrons. The third-order valence-corrected chi connectivity index (χ3v) is 4.01. The highest BCUT2D eigenvalue weighted by atomic mass is 32.2. The molecule has 0 saturated carbocycles. The summed E-state index contributed by atoms with van der Waals surface area (Å²) in [6.45, 7) is 0. The molecule has 0 bridgehead atoms. The molecule has 0 aromatic heterocycles. The number of thioether (sulfide) groups is 1. The molecule has 1 aromatic carbocycles. The fraction of sp³-hybridized carbons (Fsp3) is 0.267. The molecule has 21 heavy (non-hydrogen) atoms. The SMILES string of the molecule is COC(=O)SCC1=C(C#N)C(c2ccccc2)CC(=O)N1. The Morgan fingerprint density at radius 3 is 2.81 bits per heavy atom. The second kappa shape index (κ2) is 6.95. The molecule has 0 radical (unpaired) electrons. The fourth-order valence-corrected chi connectivity index (χ4v) is 2.81. The molecule has 1 N–H and O–H groups in total. The normalized spacial score (nSPS) is 17.9. The Morgan fingerprint density at radius 2 is 2.19 bits per heavy atom. The van der Waals surface area contributed by atoms with Gasteiger partial charge < -0.3 is 10.1 Å². The van der Waals surface area contributed by atoms with E-state index >= 15 is 0 Å². The van der Waals surface area contributed by atoms with Crippen LogP contribution in [-0.2, 0) is 9.53 Å². The van der Waals surface area contributed by atoms with Crippen molar-refractivity contribution in [3.8, 4) is 6.07 Å². The van der Waals surface area contributed by atoms with Gasteiger partial charge in [-0.2, -0.15) is 5.26 Å². The minimum absolute atomic E-state index is 0.150. The lowest BCUT2D eigenvalue weighted by Gasteiger charge is -2.25. The highest BCUT2D eigenvalue weighted by Crippen LogP contribution is 2.33. The first-order valence-corrected chi connectivity index (χ1v) is 7.33. The molecule has 0 aliphatic carbocycles. The number of nitriles is 1. The molecular weight excluding hydrogens is 288 g/mol. The first-order valence-electron chi connectivity index (χ1n) is 6.34. The fourth-order valence-electron chi connectivity index (χ4n) is 2.20. The Labute approximate surface area is 127 Å². The van der Waals surface area contributed by atoms with Crippen molar-refractivity contribution in [3.05, 3.63) is 47.2 Å². The third-order valence-electron chi connectivity index (χ3n) is 3.18. The van der Waals surface area contributed by atoms with Crippen LogP contribution in [0.3, 0.4) is 0 Å². The van der Waals surface area contributed by atoms with E-state index in [0.29, 0.717) is 11.3 Å². The number of carbonyl (C=O) groups excluding carboxylic acids is 2. The van der Waals surface area contributed by atoms with E-state index in [1.807, 2.05) is 30.3 Å². The maximum Gasteiger partial charge on any atom is 0.367 e. The predicted molar refractivity (Wildman–Crippen MR) is 79.4 cm³/mol.